The van der Waals surface area contributed by atoms with Gasteiger partial charge in [0.25, 0.3) is 11.5 Å². The van der Waals surface area contributed by atoms with Crippen LogP contribution in [0, 0.1) is 5.92 Å². The molecule has 26 heavy (non-hydrogen) atoms. The van der Waals surface area contributed by atoms with Gasteiger partial charge in [-0.1, -0.05) is 13.8 Å². The normalized spacial score (nSPS) is 14.9. The summed E-state index contributed by atoms with van der Waals surface area (Å²) in [5.74, 6) is 0.322. The van der Waals surface area contributed by atoms with Crippen molar-refractivity contribution in [2.24, 2.45) is 13.0 Å². The molecular formula is C18H26N6O2. The summed E-state index contributed by atoms with van der Waals surface area (Å²) < 4.78 is 3.20. The molecule has 0 radical (unpaired) electrons. The largest absolute Gasteiger partial charge is 0.345 e. The lowest BCUT2D eigenvalue weighted by Crippen LogP contribution is -2.28. The first kappa shape index (κ1) is 18.3. The Kier molecular flexibility index (Phi) is 5.51. The lowest BCUT2D eigenvalue weighted by atomic mass is 10.2. The van der Waals surface area contributed by atoms with Gasteiger partial charge >= 0.3 is 0 Å². The van der Waals surface area contributed by atoms with Gasteiger partial charge in [0.15, 0.2) is 0 Å². The van der Waals surface area contributed by atoms with Gasteiger partial charge in [0.1, 0.15) is 5.69 Å². The summed E-state index contributed by atoms with van der Waals surface area (Å²) in [7, 11) is 1.52. The second-order valence-corrected chi connectivity index (χ2v) is 7.20. The second-order valence-electron chi connectivity index (χ2n) is 7.20. The number of fused-ring (bicyclic) bond motifs is 1. The van der Waals surface area contributed by atoms with E-state index in [-0.39, 0.29) is 17.2 Å². The molecule has 0 aromatic carbocycles. The van der Waals surface area contributed by atoms with E-state index in [1.54, 1.807) is 0 Å². The van der Waals surface area contributed by atoms with Crippen molar-refractivity contribution in [1.82, 2.24) is 29.8 Å². The van der Waals surface area contributed by atoms with Gasteiger partial charge in [0.05, 0.1) is 17.9 Å². The molecular weight excluding hydrogens is 332 g/mol. The van der Waals surface area contributed by atoms with Gasteiger partial charge in [-0.15, -0.1) is 0 Å². The Morgan fingerprint density at radius 2 is 2.08 bits per heavy atom. The molecule has 3 rings (SSSR count). The Hall–Kier alpha value is -2.48. The van der Waals surface area contributed by atoms with E-state index in [0.717, 1.165) is 43.0 Å². The van der Waals surface area contributed by atoms with Crippen molar-refractivity contribution in [3.8, 4) is 0 Å². The van der Waals surface area contributed by atoms with Crippen LogP contribution in [-0.2, 0) is 26.7 Å². The van der Waals surface area contributed by atoms with E-state index in [4.69, 9.17) is 0 Å². The van der Waals surface area contributed by atoms with E-state index in [0.29, 0.717) is 12.5 Å². The number of aryl methyl sites for hydroxylation is 2. The maximum absolute atomic E-state index is 12.2. The summed E-state index contributed by atoms with van der Waals surface area (Å²) in [5.41, 5.74) is 2.00. The highest BCUT2D eigenvalue weighted by Gasteiger charge is 2.18. The van der Waals surface area contributed by atoms with Gasteiger partial charge in [-0.3, -0.25) is 19.2 Å². The number of carbonyl (C=O) groups is 1. The molecule has 1 aliphatic heterocycles. The number of hydrogen-bond acceptors (Lipinski definition) is 5. The molecule has 8 nitrogen and oxygen atoms in total. The van der Waals surface area contributed by atoms with Crippen LogP contribution in [0.3, 0.4) is 0 Å². The van der Waals surface area contributed by atoms with Crippen molar-refractivity contribution in [3.05, 3.63) is 45.6 Å². The average Bonchev–Trinajstić information content (AvgIpc) is 2.87. The Balaban J connectivity index is 1.63. The van der Waals surface area contributed by atoms with Crippen molar-refractivity contribution in [3.63, 3.8) is 0 Å². The SMILES string of the molecule is CC(C)CN1CCCn2nc(CNC(=O)c3ccc(=O)n(C)n3)cc2C1. The van der Waals surface area contributed by atoms with Crippen LogP contribution in [0.2, 0.25) is 0 Å². The van der Waals surface area contributed by atoms with E-state index in [1.165, 1.54) is 24.9 Å². The van der Waals surface area contributed by atoms with Crippen molar-refractivity contribution >= 4 is 5.91 Å². The highest BCUT2D eigenvalue weighted by molar-refractivity contribution is 5.91. The molecule has 1 amide bonds. The fourth-order valence-electron chi connectivity index (χ4n) is 3.23. The summed E-state index contributed by atoms with van der Waals surface area (Å²) >= 11 is 0. The molecule has 0 aliphatic carbocycles. The second kappa shape index (κ2) is 7.82. The molecule has 2 aromatic heterocycles. The predicted molar refractivity (Wildman–Crippen MR) is 97.6 cm³/mol. The zero-order chi connectivity index (χ0) is 18.7. The minimum Gasteiger partial charge on any atom is -0.345 e. The maximum atomic E-state index is 12.2. The van der Waals surface area contributed by atoms with Crippen molar-refractivity contribution in [2.45, 2.75) is 39.9 Å². The molecule has 0 fully saturated rings. The molecule has 1 aliphatic rings. The average molecular weight is 358 g/mol. The molecule has 0 bridgehead atoms. The number of nitrogens with zero attached hydrogens (tertiary/aromatic N) is 5. The fourth-order valence-corrected chi connectivity index (χ4v) is 3.23. The summed E-state index contributed by atoms with van der Waals surface area (Å²) in [5, 5.41) is 11.4. The van der Waals surface area contributed by atoms with Crippen LogP contribution in [-0.4, -0.2) is 43.5 Å². The smallest absolute Gasteiger partial charge is 0.272 e. The predicted octanol–water partition coefficient (Wildman–Crippen LogP) is 0.769. The minimum absolute atomic E-state index is 0.219. The van der Waals surface area contributed by atoms with E-state index in [9.17, 15) is 9.59 Å². The zero-order valence-corrected chi connectivity index (χ0v) is 15.6. The van der Waals surface area contributed by atoms with Crippen LogP contribution in [0.15, 0.2) is 23.0 Å². The van der Waals surface area contributed by atoms with Gasteiger partial charge in [-0.2, -0.15) is 10.2 Å². The fraction of sp³-hybridized carbons (Fsp3) is 0.556. The molecule has 140 valence electrons. The third kappa shape index (κ3) is 4.37. The zero-order valence-electron chi connectivity index (χ0n) is 15.6. The number of aromatic nitrogens is 4. The summed E-state index contributed by atoms with van der Waals surface area (Å²) in [6, 6.07) is 4.83. The van der Waals surface area contributed by atoms with Gasteiger partial charge < -0.3 is 5.32 Å². The van der Waals surface area contributed by atoms with Crippen LogP contribution in [0.1, 0.15) is 42.1 Å². The molecule has 0 atom stereocenters. The van der Waals surface area contributed by atoms with Crippen LogP contribution in [0.25, 0.3) is 0 Å². The van der Waals surface area contributed by atoms with Crippen molar-refractivity contribution in [1.29, 1.82) is 0 Å². The first-order valence-corrected chi connectivity index (χ1v) is 9.03. The van der Waals surface area contributed by atoms with Gasteiger partial charge in [-0.05, 0) is 24.5 Å². The van der Waals surface area contributed by atoms with E-state index < -0.39 is 0 Å². The Labute approximate surface area is 152 Å². The Bertz CT molecular complexity index is 838. The molecule has 3 heterocycles. The number of rotatable bonds is 5. The molecule has 0 saturated carbocycles. The Morgan fingerprint density at radius 1 is 1.27 bits per heavy atom. The number of nitrogens with one attached hydrogen (secondary N) is 1. The van der Waals surface area contributed by atoms with Crippen LogP contribution in [0.4, 0.5) is 0 Å². The first-order chi connectivity index (χ1) is 12.4. The van der Waals surface area contributed by atoms with Crippen LogP contribution in [0.5, 0.6) is 0 Å². The molecule has 2 aromatic rings. The highest BCUT2D eigenvalue weighted by Crippen LogP contribution is 2.15. The summed E-state index contributed by atoms with van der Waals surface area (Å²) in [6.45, 7) is 8.77. The molecule has 0 spiro atoms. The summed E-state index contributed by atoms with van der Waals surface area (Å²) in [6.07, 6.45) is 1.08. The maximum Gasteiger partial charge on any atom is 0.272 e. The molecule has 0 saturated heterocycles. The first-order valence-electron chi connectivity index (χ1n) is 9.03. The highest BCUT2D eigenvalue weighted by atomic mass is 16.2. The van der Waals surface area contributed by atoms with Crippen LogP contribution >= 0.6 is 0 Å². The molecule has 0 unspecified atom stereocenters. The topological polar surface area (TPSA) is 85.0 Å². The number of carbonyl (C=O) groups excluding carboxylic acids is 1. The van der Waals surface area contributed by atoms with E-state index in [1.807, 2.05) is 4.68 Å². The molecule has 8 heteroatoms. The number of hydrogen-bond donors (Lipinski definition) is 1. The van der Waals surface area contributed by atoms with Gasteiger partial charge in [0.2, 0.25) is 0 Å². The third-order valence-corrected chi connectivity index (χ3v) is 4.39. The number of amides is 1. The lowest BCUT2D eigenvalue weighted by Gasteiger charge is -2.21. The third-order valence-electron chi connectivity index (χ3n) is 4.39. The lowest BCUT2D eigenvalue weighted by molar-refractivity contribution is 0.0943. The Morgan fingerprint density at radius 3 is 2.81 bits per heavy atom. The van der Waals surface area contributed by atoms with Crippen LogP contribution < -0.4 is 10.9 Å². The van der Waals surface area contributed by atoms with E-state index >= 15 is 0 Å². The standard InChI is InChI=1S/C18H26N6O2/c1-13(2)11-23-7-4-8-24-15(12-23)9-14(20-24)10-19-18(26)16-5-6-17(25)22(3)21-16/h5-6,9,13H,4,7-8,10-12H2,1-3H3,(H,19,26). The minimum atomic E-state index is -0.315. The quantitative estimate of drug-likeness (QED) is 0.853. The van der Waals surface area contributed by atoms with Gasteiger partial charge in [0, 0.05) is 39.3 Å². The van der Waals surface area contributed by atoms with E-state index in [2.05, 4.69) is 40.3 Å². The van der Waals surface area contributed by atoms with Crippen molar-refractivity contribution < 1.29 is 4.79 Å². The van der Waals surface area contributed by atoms with Crippen molar-refractivity contribution in [2.75, 3.05) is 13.1 Å². The summed E-state index contributed by atoms with van der Waals surface area (Å²) in [4.78, 5) is 26.0. The molecule has 1 N–H and O–H groups in total. The van der Waals surface area contributed by atoms with Gasteiger partial charge in [-0.25, -0.2) is 4.68 Å². The monoisotopic (exact) mass is 358 g/mol.